The average Bonchev–Trinajstić information content (AvgIpc) is 3.68. The number of tetrazole rings is 1. The maximum atomic E-state index is 12.4. The Morgan fingerprint density at radius 2 is 1.25 bits per heavy atom. The SMILES string of the molecule is CCC(=O)CC[C@H](NC(=O)CC[C@H](CC(=O)CCCNC(=O)CCCS(=O)(=O)NC(=O)CCCCCCCCCCCCCCCc1nn[nH]n1)C(=O)O)C(=O)O. The highest BCUT2D eigenvalue weighted by Gasteiger charge is 2.25. The molecule has 19 heteroatoms. The zero-order chi connectivity index (χ0) is 42.3. The molecule has 1 heterocycles. The lowest BCUT2D eigenvalue weighted by atomic mass is 9.95. The van der Waals surface area contributed by atoms with E-state index in [0.29, 0.717) is 6.42 Å². The molecule has 6 N–H and O–H groups in total. The summed E-state index contributed by atoms with van der Waals surface area (Å²) < 4.78 is 26.7. The molecular weight excluding hydrogens is 763 g/mol. The van der Waals surface area contributed by atoms with Crippen LogP contribution in [0.15, 0.2) is 0 Å². The van der Waals surface area contributed by atoms with E-state index in [9.17, 15) is 52.2 Å². The van der Waals surface area contributed by atoms with E-state index in [1.807, 2.05) is 0 Å². The molecule has 57 heavy (non-hydrogen) atoms. The van der Waals surface area contributed by atoms with Crippen LogP contribution in [0.2, 0.25) is 0 Å². The van der Waals surface area contributed by atoms with Gasteiger partial charge in [-0.05, 0) is 38.5 Å². The third-order valence-electron chi connectivity index (χ3n) is 9.52. The number of unbranched alkanes of at least 4 members (excludes halogenated alkanes) is 12. The smallest absolute Gasteiger partial charge is 0.326 e. The van der Waals surface area contributed by atoms with Crippen molar-refractivity contribution < 1.29 is 52.2 Å². The number of aryl methyl sites for hydroxylation is 1. The summed E-state index contributed by atoms with van der Waals surface area (Å²) in [4.78, 5) is 83.5. The van der Waals surface area contributed by atoms with Crippen LogP contribution in [0.3, 0.4) is 0 Å². The van der Waals surface area contributed by atoms with Gasteiger partial charge in [0.15, 0.2) is 5.82 Å². The number of aromatic nitrogens is 4. The quantitative estimate of drug-likeness (QED) is 0.0516. The zero-order valence-electron chi connectivity index (χ0n) is 33.6. The summed E-state index contributed by atoms with van der Waals surface area (Å²) in [6.07, 6.45) is 14.7. The van der Waals surface area contributed by atoms with Crippen molar-refractivity contribution in [3.63, 3.8) is 0 Å². The number of carbonyl (C=O) groups excluding carboxylic acids is 5. The summed E-state index contributed by atoms with van der Waals surface area (Å²) >= 11 is 0. The Hall–Kier alpha value is -4.29. The number of H-pyrrole nitrogens is 1. The van der Waals surface area contributed by atoms with Gasteiger partial charge in [0.1, 0.15) is 17.6 Å². The first kappa shape index (κ1) is 50.7. The number of ketones is 2. The highest BCUT2D eigenvalue weighted by atomic mass is 32.2. The third kappa shape index (κ3) is 27.9. The molecule has 2 atom stereocenters. The number of aliphatic carboxylic acids is 2. The van der Waals surface area contributed by atoms with Crippen LogP contribution in [0.4, 0.5) is 0 Å². The van der Waals surface area contributed by atoms with Crippen molar-refractivity contribution in [2.24, 2.45) is 5.92 Å². The van der Waals surface area contributed by atoms with Gasteiger partial charge in [0.05, 0.1) is 11.7 Å². The van der Waals surface area contributed by atoms with E-state index < -0.39 is 57.4 Å². The fourth-order valence-electron chi connectivity index (χ4n) is 6.10. The molecular formula is C38H65N7O11S. The monoisotopic (exact) mass is 827 g/mol. The Kier molecular flexibility index (Phi) is 27.4. The zero-order valence-corrected chi connectivity index (χ0v) is 34.4. The number of amides is 3. The first-order valence-corrected chi connectivity index (χ1v) is 22.2. The van der Waals surface area contributed by atoms with Crippen LogP contribution in [-0.4, -0.2) is 98.8 Å². The molecule has 0 unspecified atom stereocenters. The van der Waals surface area contributed by atoms with E-state index in [4.69, 9.17) is 0 Å². The van der Waals surface area contributed by atoms with Crippen molar-refractivity contribution in [1.29, 1.82) is 0 Å². The van der Waals surface area contributed by atoms with Crippen molar-refractivity contribution in [3.8, 4) is 0 Å². The molecule has 0 radical (unpaired) electrons. The van der Waals surface area contributed by atoms with Crippen molar-refractivity contribution in [1.82, 2.24) is 36.0 Å². The predicted octanol–water partition coefficient (Wildman–Crippen LogP) is 4.10. The summed E-state index contributed by atoms with van der Waals surface area (Å²) in [6.45, 7) is 1.75. The molecule has 1 aromatic heterocycles. The fraction of sp³-hybridized carbons (Fsp3) is 0.789. The second-order valence-electron chi connectivity index (χ2n) is 14.5. The van der Waals surface area contributed by atoms with E-state index in [-0.39, 0.29) is 88.7 Å². The summed E-state index contributed by atoms with van der Waals surface area (Å²) in [6, 6.07) is -1.28. The third-order valence-corrected chi connectivity index (χ3v) is 10.9. The number of carboxylic acid groups (broad SMARTS) is 2. The van der Waals surface area contributed by atoms with Gasteiger partial charge >= 0.3 is 11.9 Å². The maximum Gasteiger partial charge on any atom is 0.326 e. The number of aromatic amines is 1. The second-order valence-corrected chi connectivity index (χ2v) is 16.4. The Bertz CT molecular complexity index is 1470. The highest BCUT2D eigenvalue weighted by molar-refractivity contribution is 7.90. The first-order chi connectivity index (χ1) is 27.2. The van der Waals surface area contributed by atoms with Crippen LogP contribution in [0.25, 0.3) is 0 Å². The van der Waals surface area contributed by atoms with Gasteiger partial charge in [0, 0.05) is 57.9 Å². The highest BCUT2D eigenvalue weighted by Crippen LogP contribution is 2.16. The summed E-state index contributed by atoms with van der Waals surface area (Å²) in [5.41, 5.74) is 0. The molecule has 1 aromatic rings. The van der Waals surface area contributed by atoms with Crippen LogP contribution in [-0.2, 0) is 50.0 Å². The number of carbonyl (C=O) groups is 7. The lowest BCUT2D eigenvalue weighted by Crippen LogP contribution is -2.41. The summed E-state index contributed by atoms with van der Waals surface area (Å²) in [7, 11) is -3.88. The van der Waals surface area contributed by atoms with Gasteiger partial charge in [0.2, 0.25) is 27.7 Å². The predicted molar refractivity (Wildman–Crippen MR) is 210 cm³/mol. The summed E-state index contributed by atoms with van der Waals surface area (Å²) in [5, 5.41) is 37.6. The number of Topliss-reactive ketones (excluding diaryl/α,β-unsaturated/α-hetero) is 2. The lowest BCUT2D eigenvalue weighted by Gasteiger charge is -2.15. The molecule has 324 valence electrons. The van der Waals surface area contributed by atoms with Gasteiger partial charge in [-0.1, -0.05) is 82.8 Å². The average molecular weight is 828 g/mol. The standard InChI is InChI=1S/C38H65N7O11S/c1-2-30(46)23-24-32(38(53)54)40-35(49)25-22-29(37(51)52)28-31(47)18-16-26-39-34(48)21-17-27-57(55,56)43-36(50)20-15-13-11-9-7-5-3-4-6-8-10-12-14-19-33-41-44-45-42-33/h29,32H,2-28H2,1H3,(H,39,48)(H,40,49)(H,43,50)(H,51,52)(H,53,54)(H,41,42,44,45)/t29-,32+/m1/s1. The molecule has 18 nitrogen and oxygen atoms in total. The largest absolute Gasteiger partial charge is 0.481 e. The Balaban J connectivity index is 2.08. The number of hydrogen-bond donors (Lipinski definition) is 6. The Morgan fingerprint density at radius 3 is 1.81 bits per heavy atom. The van der Waals surface area contributed by atoms with Gasteiger partial charge in [-0.25, -0.2) is 13.2 Å². The van der Waals surface area contributed by atoms with Gasteiger partial charge in [-0.15, -0.1) is 10.2 Å². The lowest BCUT2D eigenvalue weighted by molar-refractivity contribution is -0.145. The van der Waals surface area contributed by atoms with E-state index >= 15 is 0 Å². The van der Waals surface area contributed by atoms with Crippen LogP contribution in [0.5, 0.6) is 0 Å². The van der Waals surface area contributed by atoms with E-state index in [1.54, 1.807) is 6.92 Å². The van der Waals surface area contributed by atoms with E-state index in [0.717, 1.165) is 44.3 Å². The van der Waals surface area contributed by atoms with E-state index in [2.05, 4.69) is 36.0 Å². The molecule has 0 bridgehead atoms. The molecule has 0 aliphatic heterocycles. The number of hydrogen-bond acceptors (Lipinski definition) is 12. The molecule has 0 aromatic carbocycles. The molecule has 0 saturated carbocycles. The van der Waals surface area contributed by atoms with Gasteiger partial charge in [-0.2, -0.15) is 5.21 Å². The molecule has 0 saturated heterocycles. The molecule has 3 amide bonds. The number of sulfonamides is 1. The Labute approximate surface area is 336 Å². The topological polar surface area (TPSA) is 285 Å². The molecule has 0 fully saturated rings. The number of nitrogens with zero attached hydrogens (tertiary/aromatic N) is 3. The van der Waals surface area contributed by atoms with Crippen LogP contribution < -0.4 is 15.4 Å². The number of nitrogens with one attached hydrogen (secondary N) is 4. The van der Waals surface area contributed by atoms with Gasteiger partial charge in [-0.3, -0.25) is 33.5 Å². The van der Waals surface area contributed by atoms with Crippen molar-refractivity contribution in [2.45, 2.75) is 173 Å². The fourth-order valence-corrected chi connectivity index (χ4v) is 7.18. The normalized spacial score (nSPS) is 12.4. The van der Waals surface area contributed by atoms with Crippen molar-refractivity contribution in [2.75, 3.05) is 12.3 Å². The number of rotatable bonds is 37. The van der Waals surface area contributed by atoms with Crippen LogP contribution in [0.1, 0.15) is 167 Å². The van der Waals surface area contributed by atoms with Gasteiger partial charge in [0.25, 0.3) is 0 Å². The van der Waals surface area contributed by atoms with Crippen molar-refractivity contribution in [3.05, 3.63) is 5.82 Å². The van der Waals surface area contributed by atoms with Crippen LogP contribution >= 0.6 is 0 Å². The van der Waals surface area contributed by atoms with Crippen molar-refractivity contribution >= 4 is 51.2 Å². The van der Waals surface area contributed by atoms with Gasteiger partial charge < -0.3 is 20.8 Å². The first-order valence-electron chi connectivity index (χ1n) is 20.5. The number of carboxylic acids is 2. The van der Waals surface area contributed by atoms with E-state index in [1.165, 1.54) is 44.9 Å². The minimum absolute atomic E-state index is 0.00602. The minimum Gasteiger partial charge on any atom is -0.481 e. The Morgan fingerprint density at radius 1 is 0.649 bits per heavy atom. The summed E-state index contributed by atoms with van der Waals surface area (Å²) in [5.74, 6) is -5.60. The molecule has 0 aliphatic rings. The molecule has 0 spiro atoms. The van der Waals surface area contributed by atoms with Crippen LogP contribution in [0, 0.1) is 5.92 Å². The maximum absolute atomic E-state index is 12.4. The molecule has 0 aliphatic carbocycles. The minimum atomic E-state index is -3.88. The second kappa shape index (κ2) is 30.8. The molecule has 1 rings (SSSR count).